The monoisotopic (exact) mass is 321 g/mol. The van der Waals surface area contributed by atoms with Gasteiger partial charge in [-0.15, -0.1) is 0 Å². The van der Waals surface area contributed by atoms with Crippen LogP contribution in [0.25, 0.3) is 0 Å². The lowest BCUT2D eigenvalue weighted by molar-refractivity contribution is -0.121. The summed E-state index contributed by atoms with van der Waals surface area (Å²) in [6.45, 7) is 0.746. The number of halogens is 1. The Hall–Kier alpha value is -1.54. The first-order valence-electron chi connectivity index (χ1n) is 6.42. The highest BCUT2D eigenvalue weighted by atomic mass is 79.9. The molecule has 0 bridgehead atoms. The molecule has 0 aromatic heterocycles. The Bertz CT molecular complexity index is 506. The largest absolute Gasteiger partial charge is 0.385 e. The van der Waals surface area contributed by atoms with Crippen molar-refractivity contribution in [1.82, 2.24) is 5.32 Å². The van der Waals surface area contributed by atoms with Crippen molar-refractivity contribution in [1.29, 1.82) is 5.26 Å². The number of carbonyl (C=O) groups is 1. The van der Waals surface area contributed by atoms with E-state index in [1.807, 2.05) is 12.1 Å². The van der Waals surface area contributed by atoms with Crippen LogP contribution in [0, 0.1) is 11.3 Å². The van der Waals surface area contributed by atoms with Crippen LogP contribution in [-0.4, -0.2) is 18.5 Å². The molecular weight excluding hydrogens is 306 g/mol. The van der Waals surface area contributed by atoms with E-state index >= 15 is 0 Å². The van der Waals surface area contributed by atoms with Crippen LogP contribution < -0.4 is 10.6 Å². The van der Waals surface area contributed by atoms with Crippen molar-refractivity contribution in [3.63, 3.8) is 0 Å². The van der Waals surface area contributed by atoms with Gasteiger partial charge in [0.15, 0.2) is 0 Å². The number of rotatable bonds is 6. The maximum absolute atomic E-state index is 11.5. The minimum Gasteiger partial charge on any atom is -0.385 e. The van der Waals surface area contributed by atoms with E-state index in [2.05, 4.69) is 32.6 Å². The fraction of sp³-hybridized carbons (Fsp3) is 0.429. The molecule has 0 radical (unpaired) electrons. The second-order valence-electron chi connectivity index (χ2n) is 4.68. The molecule has 2 N–H and O–H groups in total. The molecule has 1 saturated carbocycles. The minimum absolute atomic E-state index is 0.144. The smallest absolute Gasteiger partial charge is 0.220 e. The summed E-state index contributed by atoms with van der Waals surface area (Å²) in [4.78, 5) is 11.5. The first-order chi connectivity index (χ1) is 9.19. The average molecular weight is 322 g/mol. The summed E-state index contributed by atoms with van der Waals surface area (Å²) in [5, 5.41) is 15.0. The average Bonchev–Trinajstić information content (AvgIpc) is 3.19. The summed E-state index contributed by atoms with van der Waals surface area (Å²) in [5.41, 5.74) is 1.57. The van der Waals surface area contributed by atoms with Gasteiger partial charge in [0.05, 0.1) is 5.56 Å². The van der Waals surface area contributed by atoms with E-state index in [-0.39, 0.29) is 5.91 Å². The van der Waals surface area contributed by atoms with Crippen LogP contribution in [0.3, 0.4) is 0 Å². The Labute approximate surface area is 121 Å². The number of carbonyl (C=O) groups excluding carboxylic acids is 1. The van der Waals surface area contributed by atoms with Crippen molar-refractivity contribution in [2.45, 2.75) is 31.7 Å². The Morgan fingerprint density at radius 1 is 1.47 bits per heavy atom. The topological polar surface area (TPSA) is 64.9 Å². The lowest BCUT2D eigenvalue weighted by Crippen LogP contribution is -2.25. The van der Waals surface area contributed by atoms with Gasteiger partial charge >= 0.3 is 0 Å². The summed E-state index contributed by atoms with van der Waals surface area (Å²) >= 11 is 3.35. The maximum Gasteiger partial charge on any atom is 0.220 e. The normalized spacial score (nSPS) is 13.7. The second-order valence-corrected chi connectivity index (χ2v) is 5.53. The fourth-order valence-electron chi connectivity index (χ4n) is 1.72. The van der Waals surface area contributed by atoms with Crippen LogP contribution in [0.4, 0.5) is 5.69 Å². The molecular formula is C14H16BrN3O. The van der Waals surface area contributed by atoms with Crippen LogP contribution in [0.5, 0.6) is 0 Å². The van der Waals surface area contributed by atoms with Crippen molar-refractivity contribution in [3.05, 3.63) is 28.2 Å². The van der Waals surface area contributed by atoms with Crippen LogP contribution in [0.1, 0.15) is 31.2 Å². The van der Waals surface area contributed by atoms with Gasteiger partial charge in [-0.2, -0.15) is 5.26 Å². The van der Waals surface area contributed by atoms with Crippen molar-refractivity contribution in [3.8, 4) is 6.07 Å². The minimum atomic E-state index is 0.144. The first-order valence-corrected chi connectivity index (χ1v) is 7.21. The second kappa shape index (κ2) is 6.58. The van der Waals surface area contributed by atoms with Gasteiger partial charge in [-0.05, 0) is 53.4 Å². The molecule has 100 valence electrons. The molecule has 0 unspecified atom stereocenters. The van der Waals surface area contributed by atoms with Gasteiger partial charge in [-0.25, -0.2) is 0 Å². The molecule has 1 aliphatic rings. The van der Waals surface area contributed by atoms with Crippen LogP contribution in [0.15, 0.2) is 22.7 Å². The van der Waals surface area contributed by atoms with Gasteiger partial charge in [0.25, 0.3) is 0 Å². The van der Waals surface area contributed by atoms with Gasteiger partial charge in [0, 0.05) is 29.2 Å². The van der Waals surface area contributed by atoms with E-state index in [1.54, 1.807) is 6.07 Å². The molecule has 2 rings (SSSR count). The molecule has 0 spiro atoms. The van der Waals surface area contributed by atoms with E-state index in [4.69, 9.17) is 5.26 Å². The number of nitriles is 1. The van der Waals surface area contributed by atoms with Crippen molar-refractivity contribution < 1.29 is 4.79 Å². The van der Waals surface area contributed by atoms with Gasteiger partial charge < -0.3 is 10.6 Å². The summed E-state index contributed by atoms with van der Waals surface area (Å²) in [6.07, 6.45) is 3.61. The van der Waals surface area contributed by atoms with Crippen LogP contribution in [0.2, 0.25) is 0 Å². The Kier molecular flexibility index (Phi) is 4.80. The Balaban J connectivity index is 1.69. The third-order valence-corrected chi connectivity index (χ3v) is 3.60. The molecule has 1 fully saturated rings. The highest BCUT2D eigenvalue weighted by Gasteiger charge is 2.22. The van der Waals surface area contributed by atoms with Gasteiger partial charge in [-0.3, -0.25) is 4.79 Å². The van der Waals surface area contributed by atoms with E-state index < -0.39 is 0 Å². The summed E-state index contributed by atoms with van der Waals surface area (Å²) in [7, 11) is 0. The number of benzene rings is 1. The number of hydrogen-bond acceptors (Lipinski definition) is 3. The lowest BCUT2D eigenvalue weighted by atomic mass is 10.2. The molecule has 1 aromatic rings. The molecule has 19 heavy (non-hydrogen) atoms. The highest BCUT2D eigenvalue weighted by molar-refractivity contribution is 9.10. The predicted molar refractivity (Wildman–Crippen MR) is 77.7 cm³/mol. The third kappa shape index (κ3) is 4.56. The highest BCUT2D eigenvalue weighted by Crippen LogP contribution is 2.21. The van der Waals surface area contributed by atoms with E-state index in [0.717, 1.165) is 36.0 Å². The molecule has 5 heteroatoms. The Morgan fingerprint density at radius 3 is 2.89 bits per heavy atom. The van der Waals surface area contributed by atoms with E-state index in [9.17, 15) is 4.79 Å². The number of amides is 1. The van der Waals surface area contributed by atoms with Gasteiger partial charge in [-0.1, -0.05) is 0 Å². The number of nitrogens with zero attached hydrogens (tertiary/aromatic N) is 1. The first kappa shape index (κ1) is 13.9. The molecule has 4 nitrogen and oxygen atoms in total. The van der Waals surface area contributed by atoms with E-state index in [1.165, 1.54) is 0 Å². The SMILES string of the molecule is N#Cc1ccc(NCCCC(=O)NC2CC2)cc1Br. The molecule has 0 heterocycles. The summed E-state index contributed by atoms with van der Waals surface area (Å²) < 4.78 is 0.784. The maximum atomic E-state index is 11.5. The Morgan fingerprint density at radius 2 is 2.26 bits per heavy atom. The number of hydrogen-bond donors (Lipinski definition) is 2. The van der Waals surface area contributed by atoms with Gasteiger partial charge in [0.1, 0.15) is 6.07 Å². The van der Waals surface area contributed by atoms with Crippen LogP contribution in [-0.2, 0) is 4.79 Å². The summed E-state index contributed by atoms with van der Waals surface area (Å²) in [5.74, 6) is 0.144. The molecule has 1 aliphatic carbocycles. The molecule has 1 amide bonds. The molecule has 0 atom stereocenters. The quantitative estimate of drug-likeness (QED) is 0.792. The summed E-state index contributed by atoms with van der Waals surface area (Å²) in [6, 6.07) is 8.06. The van der Waals surface area contributed by atoms with Crippen LogP contribution >= 0.6 is 15.9 Å². The molecule has 1 aromatic carbocycles. The van der Waals surface area contributed by atoms with Crippen molar-refractivity contribution >= 4 is 27.5 Å². The molecule has 0 aliphatic heterocycles. The zero-order chi connectivity index (χ0) is 13.7. The molecule has 0 saturated heterocycles. The number of anilines is 1. The van der Waals surface area contributed by atoms with Gasteiger partial charge in [0.2, 0.25) is 5.91 Å². The number of nitrogens with one attached hydrogen (secondary N) is 2. The zero-order valence-electron chi connectivity index (χ0n) is 10.6. The lowest BCUT2D eigenvalue weighted by Gasteiger charge is -2.07. The standard InChI is InChI=1S/C14H16BrN3O/c15-13-8-12(4-3-10(13)9-16)17-7-1-2-14(19)18-11-5-6-11/h3-4,8,11,17H,1-2,5-7H2,(H,18,19). The third-order valence-electron chi connectivity index (χ3n) is 2.94. The zero-order valence-corrected chi connectivity index (χ0v) is 12.2. The fourth-order valence-corrected chi connectivity index (χ4v) is 2.19. The van der Waals surface area contributed by atoms with Crippen molar-refractivity contribution in [2.24, 2.45) is 0 Å². The van der Waals surface area contributed by atoms with Crippen molar-refractivity contribution in [2.75, 3.05) is 11.9 Å². The predicted octanol–water partition coefficient (Wildman–Crippen LogP) is 2.79. The van der Waals surface area contributed by atoms with E-state index in [0.29, 0.717) is 18.0 Å².